The van der Waals surface area contributed by atoms with E-state index in [1.807, 2.05) is 6.20 Å². The van der Waals surface area contributed by atoms with E-state index in [1.165, 1.54) is 0 Å². The maximum atomic E-state index is 6.10. The van der Waals surface area contributed by atoms with E-state index < -0.39 is 0 Å². The monoisotopic (exact) mass is 251 g/mol. The molecule has 2 unspecified atom stereocenters. The van der Waals surface area contributed by atoms with Crippen molar-refractivity contribution in [3.8, 4) is 0 Å². The summed E-state index contributed by atoms with van der Waals surface area (Å²) < 4.78 is 5.82. The van der Waals surface area contributed by atoms with E-state index in [1.54, 1.807) is 0 Å². The van der Waals surface area contributed by atoms with Crippen molar-refractivity contribution in [2.75, 3.05) is 13.1 Å². The normalized spacial score (nSPS) is 26.5. The van der Waals surface area contributed by atoms with Crippen LogP contribution < -0.4 is 5.73 Å². The molecule has 4 heteroatoms. The second kappa shape index (κ2) is 5.02. The van der Waals surface area contributed by atoms with Gasteiger partial charge in [-0.25, -0.2) is 4.98 Å². The molecule has 1 aliphatic rings. The number of likely N-dealkylation sites (tertiary alicyclic amines) is 1. The molecule has 0 spiro atoms. The molecule has 0 saturated carbocycles. The van der Waals surface area contributed by atoms with E-state index in [-0.39, 0.29) is 11.5 Å². The molecule has 4 nitrogen and oxygen atoms in total. The lowest BCUT2D eigenvalue weighted by Crippen LogP contribution is -2.47. The lowest BCUT2D eigenvalue weighted by Gasteiger charge is -2.34. The largest absolute Gasteiger partial charge is 0.444 e. The zero-order valence-electron chi connectivity index (χ0n) is 11.9. The number of nitrogens with zero attached hydrogens (tertiary/aromatic N) is 2. The highest BCUT2D eigenvalue weighted by Gasteiger charge is 2.25. The highest BCUT2D eigenvalue weighted by atomic mass is 16.4. The molecule has 2 rings (SSSR count). The molecule has 102 valence electrons. The second-order valence-corrected chi connectivity index (χ2v) is 6.53. The number of hydrogen-bond acceptors (Lipinski definition) is 4. The summed E-state index contributed by atoms with van der Waals surface area (Å²) in [6.45, 7) is 11.4. The Labute approximate surface area is 110 Å². The standard InChI is InChI=1S/C14H25N3O/c1-10-5-6-17(8-11(10)15)9-13-16-7-12(18-13)14(2,3)4/h7,10-11H,5-6,8-9,15H2,1-4H3. The third kappa shape index (κ3) is 3.12. The fourth-order valence-electron chi connectivity index (χ4n) is 2.23. The topological polar surface area (TPSA) is 55.3 Å². The van der Waals surface area contributed by atoms with Crippen molar-refractivity contribution in [1.82, 2.24) is 9.88 Å². The van der Waals surface area contributed by atoms with Gasteiger partial charge in [-0.15, -0.1) is 0 Å². The van der Waals surface area contributed by atoms with Crippen molar-refractivity contribution in [3.63, 3.8) is 0 Å². The average molecular weight is 251 g/mol. The second-order valence-electron chi connectivity index (χ2n) is 6.53. The molecule has 18 heavy (non-hydrogen) atoms. The van der Waals surface area contributed by atoms with Gasteiger partial charge in [-0.05, 0) is 18.9 Å². The first kappa shape index (κ1) is 13.6. The van der Waals surface area contributed by atoms with Crippen LogP contribution in [0.15, 0.2) is 10.6 Å². The number of rotatable bonds is 2. The zero-order chi connectivity index (χ0) is 13.3. The van der Waals surface area contributed by atoms with Gasteiger partial charge in [0.2, 0.25) is 5.89 Å². The van der Waals surface area contributed by atoms with Gasteiger partial charge in [0.15, 0.2) is 0 Å². The van der Waals surface area contributed by atoms with Crippen LogP contribution in [-0.2, 0) is 12.0 Å². The summed E-state index contributed by atoms with van der Waals surface area (Å²) in [6.07, 6.45) is 3.01. The Balaban J connectivity index is 1.96. The maximum Gasteiger partial charge on any atom is 0.208 e. The van der Waals surface area contributed by atoms with Crippen molar-refractivity contribution in [2.24, 2.45) is 11.7 Å². The Morgan fingerprint density at radius 1 is 1.50 bits per heavy atom. The van der Waals surface area contributed by atoms with Gasteiger partial charge in [0.1, 0.15) is 5.76 Å². The summed E-state index contributed by atoms with van der Waals surface area (Å²) in [5.74, 6) is 2.38. The van der Waals surface area contributed by atoms with Crippen molar-refractivity contribution in [3.05, 3.63) is 17.8 Å². The first-order chi connectivity index (χ1) is 8.36. The molecule has 0 aliphatic carbocycles. The van der Waals surface area contributed by atoms with Crippen LogP contribution in [0.25, 0.3) is 0 Å². The van der Waals surface area contributed by atoms with Crippen LogP contribution in [0.4, 0.5) is 0 Å². The Bertz CT molecular complexity index is 394. The Kier molecular flexibility index (Phi) is 3.78. The lowest BCUT2D eigenvalue weighted by molar-refractivity contribution is 0.148. The first-order valence-electron chi connectivity index (χ1n) is 6.79. The van der Waals surface area contributed by atoms with Crippen LogP contribution in [0, 0.1) is 5.92 Å². The van der Waals surface area contributed by atoms with Crippen LogP contribution >= 0.6 is 0 Å². The van der Waals surface area contributed by atoms with Gasteiger partial charge in [0, 0.05) is 18.0 Å². The van der Waals surface area contributed by atoms with E-state index in [0.717, 1.165) is 37.7 Å². The van der Waals surface area contributed by atoms with Gasteiger partial charge in [0.05, 0.1) is 12.7 Å². The Morgan fingerprint density at radius 3 is 2.78 bits per heavy atom. The zero-order valence-corrected chi connectivity index (χ0v) is 11.9. The predicted molar refractivity (Wildman–Crippen MR) is 72.2 cm³/mol. The number of hydrogen-bond donors (Lipinski definition) is 1. The van der Waals surface area contributed by atoms with Crippen LogP contribution in [-0.4, -0.2) is 29.0 Å². The number of piperidine rings is 1. The van der Waals surface area contributed by atoms with Gasteiger partial charge in [-0.3, -0.25) is 4.90 Å². The van der Waals surface area contributed by atoms with E-state index in [0.29, 0.717) is 5.92 Å². The number of aromatic nitrogens is 1. The van der Waals surface area contributed by atoms with Crippen LogP contribution in [0.5, 0.6) is 0 Å². The number of nitrogens with two attached hydrogens (primary N) is 1. The molecule has 2 heterocycles. The van der Waals surface area contributed by atoms with Gasteiger partial charge >= 0.3 is 0 Å². The van der Waals surface area contributed by atoms with Crippen molar-refractivity contribution in [2.45, 2.75) is 52.1 Å². The minimum Gasteiger partial charge on any atom is -0.444 e. The molecule has 0 radical (unpaired) electrons. The summed E-state index contributed by atoms with van der Waals surface area (Å²) in [7, 11) is 0. The van der Waals surface area contributed by atoms with Crippen molar-refractivity contribution >= 4 is 0 Å². The molecule has 0 aromatic carbocycles. The first-order valence-corrected chi connectivity index (χ1v) is 6.79. The summed E-state index contributed by atoms with van der Waals surface area (Å²) in [4.78, 5) is 6.71. The molecule has 2 atom stereocenters. The quantitative estimate of drug-likeness (QED) is 0.875. The van der Waals surface area contributed by atoms with Gasteiger partial charge < -0.3 is 10.2 Å². The summed E-state index contributed by atoms with van der Waals surface area (Å²) >= 11 is 0. The van der Waals surface area contributed by atoms with E-state index in [2.05, 4.69) is 37.6 Å². The number of oxazole rings is 1. The van der Waals surface area contributed by atoms with Gasteiger partial charge in [-0.1, -0.05) is 27.7 Å². The molecule has 1 saturated heterocycles. The molecule has 1 aliphatic heterocycles. The van der Waals surface area contributed by atoms with Crippen molar-refractivity contribution in [1.29, 1.82) is 0 Å². The van der Waals surface area contributed by atoms with E-state index in [4.69, 9.17) is 10.2 Å². The molecule has 1 fully saturated rings. The summed E-state index contributed by atoms with van der Waals surface area (Å²) in [5.41, 5.74) is 6.13. The molecule has 2 N–H and O–H groups in total. The highest BCUT2D eigenvalue weighted by Crippen LogP contribution is 2.24. The van der Waals surface area contributed by atoms with Crippen LogP contribution in [0.3, 0.4) is 0 Å². The molecule has 1 aromatic heterocycles. The third-order valence-electron chi connectivity index (χ3n) is 3.75. The van der Waals surface area contributed by atoms with Gasteiger partial charge in [0.25, 0.3) is 0 Å². The fourth-order valence-corrected chi connectivity index (χ4v) is 2.23. The predicted octanol–water partition coefficient (Wildman–Crippen LogP) is 2.14. The molecule has 0 amide bonds. The molecular formula is C14H25N3O. The minimum absolute atomic E-state index is 0.0259. The van der Waals surface area contributed by atoms with E-state index in [9.17, 15) is 0 Å². The fraction of sp³-hybridized carbons (Fsp3) is 0.786. The minimum atomic E-state index is 0.0259. The SMILES string of the molecule is CC1CCN(Cc2ncc(C(C)(C)C)o2)CC1N. The van der Waals surface area contributed by atoms with Gasteiger partial charge in [-0.2, -0.15) is 0 Å². The average Bonchev–Trinajstić information content (AvgIpc) is 2.72. The lowest BCUT2D eigenvalue weighted by atomic mass is 9.94. The maximum absolute atomic E-state index is 6.10. The molecule has 1 aromatic rings. The summed E-state index contributed by atoms with van der Waals surface area (Å²) in [6, 6.07) is 0.274. The molecule has 0 bridgehead atoms. The Morgan fingerprint density at radius 2 is 2.22 bits per heavy atom. The summed E-state index contributed by atoms with van der Waals surface area (Å²) in [5, 5.41) is 0. The van der Waals surface area contributed by atoms with Crippen LogP contribution in [0.2, 0.25) is 0 Å². The molecular weight excluding hydrogens is 226 g/mol. The van der Waals surface area contributed by atoms with E-state index >= 15 is 0 Å². The van der Waals surface area contributed by atoms with Crippen LogP contribution in [0.1, 0.15) is 45.8 Å². The third-order valence-corrected chi connectivity index (χ3v) is 3.75. The smallest absolute Gasteiger partial charge is 0.208 e. The van der Waals surface area contributed by atoms with Crippen molar-refractivity contribution < 1.29 is 4.42 Å². The Hall–Kier alpha value is -0.870. The highest BCUT2D eigenvalue weighted by molar-refractivity contribution is 5.06.